The molecule has 20 heavy (non-hydrogen) atoms. The first kappa shape index (κ1) is 15.2. The van der Waals surface area contributed by atoms with Crippen LogP contribution in [0.5, 0.6) is 0 Å². The van der Waals surface area contributed by atoms with E-state index in [0.29, 0.717) is 18.8 Å². The van der Waals surface area contributed by atoms with Crippen LogP contribution >= 0.6 is 0 Å². The molecule has 0 aliphatic carbocycles. The van der Waals surface area contributed by atoms with E-state index in [1.807, 2.05) is 0 Å². The molecule has 112 valence electrons. The Morgan fingerprint density at radius 3 is 2.95 bits per heavy atom. The summed E-state index contributed by atoms with van der Waals surface area (Å²) < 4.78 is 26.8. The molecular formula is C12H20N4O3S. The van der Waals surface area contributed by atoms with Gasteiger partial charge < -0.3 is 10.5 Å². The van der Waals surface area contributed by atoms with Crippen molar-refractivity contribution >= 4 is 15.8 Å². The van der Waals surface area contributed by atoms with Gasteiger partial charge in [0.2, 0.25) is 10.0 Å². The summed E-state index contributed by atoms with van der Waals surface area (Å²) in [5.74, 6) is 5.55. The van der Waals surface area contributed by atoms with Gasteiger partial charge in [-0.1, -0.05) is 12.8 Å². The van der Waals surface area contributed by atoms with Gasteiger partial charge in [0.1, 0.15) is 5.82 Å². The van der Waals surface area contributed by atoms with Crippen molar-refractivity contribution in [2.75, 3.05) is 18.6 Å². The van der Waals surface area contributed by atoms with Gasteiger partial charge in [-0.15, -0.1) is 0 Å². The molecule has 7 nitrogen and oxygen atoms in total. The zero-order valence-corrected chi connectivity index (χ0v) is 12.0. The molecule has 1 aliphatic heterocycles. The molecule has 0 amide bonds. The first-order chi connectivity index (χ1) is 9.59. The number of hydrogen-bond acceptors (Lipinski definition) is 6. The minimum Gasteiger partial charge on any atom is -0.395 e. The fourth-order valence-corrected chi connectivity index (χ4v) is 4.13. The monoisotopic (exact) mass is 300 g/mol. The minimum atomic E-state index is -3.64. The topological polar surface area (TPSA) is 109 Å². The number of anilines is 1. The van der Waals surface area contributed by atoms with Gasteiger partial charge in [-0.25, -0.2) is 19.2 Å². The number of pyridine rings is 1. The molecule has 1 aliphatic rings. The molecule has 1 aromatic rings. The lowest BCUT2D eigenvalue weighted by molar-refractivity contribution is 0.186. The highest BCUT2D eigenvalue weighted by atomic mass is 32.2. The van der Waals surface area contributed by atoms with Crippen molar-refractivity contribution in [3.8, 4) is 0 Å². The molecule has 4 N–H and O–H groups in total. The number of aromatic nitrogens is 1. The lowest BCUT2D eigenvalue weighted by atomic mass is 10.1. The third kappa shape index (κ3) is 3.09. The molecular weight excluding hydrogens is 280 g/mol. The Kier molecular flexibility index (Phi) is 4.92. The van der Waals surface area contributed by atoms with E-state index >= 15 is 0 Å². The maximum atomic E-state index is 12.7. The molecule has 0 saturated carbocycles. The van der Waals surface area contributed by atoms with Crippen LogP contribution in [0.15, 0.2) is 23.2 Å². The van der Waals surface area contributed by atoms with Gasteiger partial charge in [-0.2, -0.15) is 4.31 Å². The van der Waals surface area contributed by atoms with E-state index in [4.69, 9.17) is 5.84 Å². The van der Waals surface area contributed by atoms with Gasteiger partial charge in [-0.05, 0) is 18.9 Å². The van der Waals surface area contributed by atoms with Gasteiger partial charge in [0.05, 0.1) is 11.5 Å². The van der Waals surface area contributed by atoms with Crippen molar-refractivity contribution in [3.05, 3.63) is 18.3 Å². The van der Waals surface area contributed by atoms with E-state index in [1.165, 1.54) is 22.6 Å². The Morgan fingerprint density at radius 1 is 1.45 bits per heavy atom. The smallest absolute Gasteiger partial charge is 0.243 e. The van der Waals surface area contributed by atoms with Gasteiger partial charge >= 0.3 is 0 Å². The first-order valence-electron chi connectivity index (χ1n) is 6.65. The zero-order chi connectivity index (χ0) is 14.6. The van der Waals surface area contributed by atoms with Crippen LogP contribution in [0.4, 0.5) is 5.82 Å². The second-order valence-corrected chi connectivity index (χ2v) is 6.71. The van der Waals surface area contributed by atoms with Crippen LogP contribution in [0, 0.1) is 0 Å². The van der Waals surface area contributed by atoms with Crippen molar-refractivity contribution in [2.45, 2.75) is 36.6 Å². The first-order valence-corrected chi connectivity index (χ1v) is 8.09. The molecule has 1 atom stereocenters. The normalized spacial score (nSPS) is 21.4. The highest BCUT2D eigenvalue weighted by Gasteiger charge is 2.32. The van der Waals surface area contributed by atoms with Gasteiger partial charge in [-0.3, -0.25) is 0 Å². The molecule has 1 unspecified atom stereocenters. The van der Waals surface area contributed by atoms with Crippen LogP contribution in [-0.4, -0.2) is 42.0 Å². The highest BCUT2D eigenvalue weighted by molar-refractivity contribution is 7.89. The predicted octanol–water partition coefficient (Wildman–Crippen LogP) is 0.293. The highest BCUT2D eigenvalue weighted by Crippen LogP contribution is 2.25. The van der Waals surface area contributed by atoms with Crippen LogP contribution in [0.1, 0.15) is 25.7 Å². The molecule has 2 rings (SSSR count). The Labute approximate surface area is 118 Å². The molecule has 1 fully saturated rings. The number of nitrogens with zero attached hydrogens (tertiary/aromatic N) is 2. The average Bonchev–Trinajstić information content (AvgIpc) is 2.72. The molecule has 0 aromatic carbocycles. The average molecular weight is 300 g/mol. The molecule has 0 spiro atoms. The summed E-state index contributed by atoms with van der Waals surface area (Å²) in [6.07, 6.45) is 4.80. The standard InChI is InChI=1S/C12H20N4O3S/c13-15-12-8-11(5-6-14-12)20(18,19)16-7-3-1-2-4-10(16)9-17/h5-6,8,10,17H,1-4,7,9,13H2,(H,14,15). The maximum absolute atomic E-state index is 12.7. The Hall–Kier alpha value is -1.22. The molecule has 2 heterocycles. The van der Waals surface area contributed by atoms with E-state index in [9.17, 15) is 13.5 Å². The summed E-state index contributed by atoms with van der Waals surface area (Å²) >= 11 is 0. The number of rotatable bonds is 4. The largest absolute Gasteiger partial charge is 0.395 e. The van der Waals surface area contributed by atoms with Crippen molar-refractivity contribution in [1.82, 2.24) is 9.29 Å². The Morgan fingerprint density at radius 2 is 2.25 bits per heavy atom. The maximum Gasteiger partial charge on any atom is 0.243 e. The third-order valence-corrected chi connectivity index (χ3v) is 5.47. The third-order valence-electron chi connectivity index (χ3n) is 3.52. The van der Waals surface area contributed by atoms with Crippen LogP contribution in [0.2, 0.25) is 0 Å². The van der Waals surface area contributed by atoms with Crippen molar-refractivity contribution in [3.63, 3.8) is 0 Å². The lowest BCUT2D eigenvalue weighted by Gasteiger charge is -2.27. The number of sulfonamides is 1. The Bertz CT molecular complexity index is 549. The SMILES string of the molecule is NNc1cc(S(=O)(=O)N2CCCCCC2CO)ccn1. The summed E-state index contributed by atoms with van der Waals surface area (Å²) in [6, 6.07) is 2.48. The van der Waals surface area contributed by atoms with Crippen LogP contribution in [-0.2, 0) is 10.0 Å². The fourth-order valence-electron chi connectivity index (χ4n) is 2.44. The van der Waals surface area contributed by atoms with E-state index < -0.39 is 10.0 Å². The molecule has 1 saturated heterocycles. The number of aliphatic hydroxyl groups is 1. The van der Waals surface area contributed by atoms with E-state index in [2.05, 4.69) is 10.4 Å². The Balaban J connectivity index is 2.35. The van der Waals surface area contributed by atoms with E-state index in [1.54, 1.807) is 0 Å². The van der Waals surface area contributed by atoms with Gasteiger partial charge in [0.25, 0.3) is 0 Å². The van der Waals surface area contributed by atoms with E-state index in [0.717, 1.165) is 19.3 Å². The number of nitrogen functional groups attached to an aromatic ring is 1. The van der Waals surface area contributed by atoms with Gasteiger partial charge in [0, 0.05) is 24.8 Å². The second kappa shape index (κ2) is 6.49. The summed E-state index contributed by atoms with van der Waals surface area (Å²) in [4.78, 5) is 4.05. The fraction of sp³-hybridized carbons (Fsp3) is 0.583. The summed E-state index contributed by atoms with van der Waals surface area (Å²) in [7, 11) is -3.64. The molecule has 1 aromatic heterocycles. The molecule has 0 bridgehead atoms. The number of aliphatic hydroxyl groups excluding tert-OH is 1. The van der Waals surface area contributed by atoms with Crippen LogP contribution < -0.4 is 11.3 Å². The lowest BCUT2D eigenvalue weighted by Crippen LogP contribution is -2.42. The number of hydrogen-bond donors (Lipinski definition) is 3. The summed E-state index contributed by atoms with van der Waals surface area (Å²) in [5, 5.41) is 9.45. The number of hydrazine groups is 1. The van der Waals surface area contributed by atoms with Crippen molar-refractivity contribution in [1.29, 1.82) is 0 Å². The summed E-state index contributed by atoms with van der Waals surface area (Å²) in [5.41, 5.74) is 2.34. The quantitative estimate of drug-likeness (QED) is 0.545. The predicted molar refractivity (Wildman–Crippen MR) is 75.3 cm³/mol. The van der Waals surface area contributed by atoms with Crippen molar-refractivity contribution < 1.29 is 13.5 Å². The summed E-state index contributed by atoms with van der Waals surface area (Å²) in [6.45, 7) is 0.271. The van der Waals surface area contributed by atoms with E-state index in [-0.39, 0.29) is 17.5 Å². The number of nitrogens with two attached hydrogens (primary N) is 1. The van der Waals surface area contributed by atoms with Crippen molar-refractivity contribution in [2.24, 2.45) is 5.84 Å². The molecule has 0 radical (unpaired) electrons. The van der Waals surface area contributed by atoms with Crippen LogP contribution in [0.25, 0.3) is 0 Å². The van der Waals surface area contributed by atoms with Gasteiger partial charge in [0.15, 0.2) is 0 Å². The second-order valence-electron chi connectivity index (χ2n) is 4.82. The number of nitrogens with one attached hydrogen (secondary N) is 1. The van der Waals surface area contributed by atoms with Crippen LogP contribution in [0.3, 0.4) is 0 Å². The molecule has 8 heteroatoms. The zero-order valence-electron chi connectivity index (χ0n) is 11.2. The minimum absolute atomic E-state index is 0.140.